The van der Waals surface area contributed by atoms with Crippen molar-refractivity contribution in [3.63, 3.8) is 0 Å². The van der Waals surface area contributed by atoms with E-state index in [1.807, 2.05) is 66.7 Å². The fourth-order valence-electron chi connectivity index (χ4n) is 9.32. The summed E-state index contributed by atoms with van der Waals surface area (Å²) in [6.45, 7) is 8.68. The van der Waals surface area contributed by atoms with Crippen molar-refractivity contribution in [2.24, 2.45) is 5.41 Å². The molecule has 0 aliphatic heterocycles. The summed E-state index contributed by atoms with van der Waals surface area (Å²) in [5.74, 6) is 0.562. The highest BCUT2D eigenvalue weighted by molar-refractivity contribution is 6.10. The van der Waals surface area contributed by atoms with Crippen LogP contribution in [0.2, 0.25) is 0 Å². The van der Waals surface area contributed by atoms with E-state index in [9.17, 15) is 26.3 Å². The first-order valence-electron chi connectivity index (χ1n) is 20.6. The van der Waals surface area contributed by atoms with Crippen LogP contribution in [0.5, 0.6) is 0 Å². The van der Waals surface area contributed by atoms with E-state index in [1.165, 1.54) is 0 Å². The quantitative estimate of drug-likeness (QED) is 0.150. The first kappa shape index (κ1) is 39.6. The molecule has 3 nitrogen and oxygen atoms in total. The van der Waals surface area contributed by atoms with Crippen molar-refractivity contribution < 1.29 is 30.8 Å². The number of alkyl halides is 6. The minimum absolute atomic E-state index is 0.0916. The number of hydrogen-bond acceptors (Lipinski definition) is 2. The van der Waals surface area contributed by atoms with Crippen LogP contribution in [0.15, 0.2) is 132 Å². The Labute approximate surface area is 344 Å². The van der Waals surface area contributed by atoms with Gasteiger partial charge in [-0.3, -0.25) is 4.57 Å². The SMILES string of the molecule is CC(C)c1cc(-c2ccc(C3CCC(C(F)(F)F)(C(F)(F)F)CC3)cc2)cc(C(C)C)c1-n1c(-c2cccc3c2oc2ccc(-c4ccccc4)cc23)nc2ccccc21. The van der Waals surface area contributed by atoms with Gasteiger partial charge < -0.3 is 4.42 Å². The lowest BCUT2D eigenvalue weighted by atomic mass is 9.68. The number of halogens is 6. The van der Waals surface area contributed by atoms with Crippen molar-refractivity contribution in [2.75, 3.05) is 0 Å². The van der Waals surface area contributed by atoms with E-state index in [4.69, 9.17) is 9.40 Å². The molecule has 1 aliphatic carbocycles. The molecule has 0 unspecified atom stereocenters. The molecule has 0 saturated heterocycles. The van der Waals surface area contributed by atoms with E-state index in [0.717, 1.165) is 89.0 Å². The van der Waals surface area contributed by atoms with E-state index >= 15 is 0 Å². The monoisotopic (exact) mass is 814 g/mol. The highest BCUT2D eigenvalue weighted by atomic mass is 19.4. The lowest BCUT2D eigenvalue weighted by Crippen LogP contribution is -2.51. The van der Waals surface area contributed by atoms with Crippen molar-refractivity contribution in [1.29, 1.82) is 0 Å². The van der Waals surface area contributed by atoms with Crippen LogP contribution >= 0.6 is 0 Å². The predicted octanol–water partition coefficient (Wildman–Crippen LogP) is 15.9. The maximum atomic E-state index is 13.8. The van der Waals surface area contributed by atoms with Crippen molar-refractivity contribution in [3.8, 4) is 39.3 Å². The molecule has 8 aromatic rings. The van der Waals surface area contributed by atoms with Gasteiger partial charge >= 0.3 is 12.4 Å². The number of fused-ring (bicyclic) bond motifs is 4. The molecule has 1 saturated carbocycles. The van der Waals surface area contributed by atoms with Gasteiger partial charge in [-0.1, -0.05) is 113 Å². The molecular weight excluding hydrogens is 771 g/mol. The zero-order chi connectivity index (χ0) is 42.1. The van der Waals surface area contributed by atoms with Crippen LogP contribution in [-0.4, -0.2) is 21.9 Å². The summed E-state index contributed by atoms with van der Waals surface area (Å²) in [6.07, 6.45) is -13.0. The second kappa shape index (κ2) is 14.7. The van der Waals surface area contributed by atoms with Gasteiger partial charge in [0.25, 0.3) is 0 Å². The van der Waals surface area contributed by atoms with Crippen molar-refractivity contribution >= 4 is 33.0 Å². The molecule has 9 rings (SSSR count). The molecule has 2 heterocycles. The minimum atomic E-state index is -5.34. The summed E-state index contributed by atoms with van der Waals surface area (Å²) in [6, 6.07) is 43.0. The van der Waals surface area contributed by atoms with Gasteiger partial charge in [0, 0.05) is 10.8 Å². The van der Waals surface area contributed by atoms with Gasteiger partial charge in [0.1, 0.15) is 17.0 Å². The Hall–Kier alpha value is -5.83. The molecule has 306 valence electrons. The highest BCUT2D eigenvalue weighted by Crippen LogP contribution is 2.60. The lowest BCUT2D eigenvalue weighted by Gasteiger charge is -2.42. The van der Waals surface area contributed by atoms with Crippen molar-refractivity contribution in [1.82, 2.24) is 9.55 Å². The first-order valence-corrected chi connectivity index (χ1v) is 20.6. The molecule has 1 fully saturated rings. The van der Waals surface area contributed by atoms with Gasteiger partial charge in [-0.25, -0.2) is 4.98 Å². The topological polar surface area (TPSA) is 31.0 Å². The average Bonchev–Trinajstić information content (AvgIpc) is 3.81. The van der Waals surface area contributed by atoms with Crippen LogP contribution in [0, 0.1) is 5.41 Å². The number of rotatable bonds is 7. The van der Waals surface area contributed by atoms with Gasteiger partial charge in [-0.05, 0) is 125 Å². The van der Waals surface area contributed by atoms with Crippen LogP contribution in [-0.2, 0) is 0 Å². The van der Waals surface area contributed by atoms with E-state index < -0.39 is 30.6 Å². The van der Waals surface area contributed by atoms with Crippen LogP contribution in [0.25, 0.3) is 72.3 Å². The zero-order valence-corrected chi connectivity index (χ0v) is 33.8. The largest absolute Gasteiger partial charge is 0.455 e. The Kier molecular flexibility index (Phi) is 9.72. The van der Waals surface area contributed by atoms with Crippen LogP contribution in [0.3, 0.4) is 0 Å². The Bertz CT molecular complexity index is 2810. The van der Waals surface area contributed by atoms with Gasteiger partial charge in [0.15, 0.2) is 5.41 Å². The number of hydrogen-bond donors (Lipinski definition) is 0. The molecule has 0 amide bonds. The van der Waals surface area contributed by atoms with E-state index in [-0.39, 0.29) is 30.6 Å². The molecule has 0 atom stereocenters. The Morgan fingerprint density at radius 3 is 1.85 bits per heavy atom. The third-order valence-electron chi connectivity index (χ3n) is 12.7. The Morgan fingerprint density at radius 1 is 0.617 bits per heavy atom. The molecular formula is C51H44F6N2O. The predicted molar refractivity (Wildman–Crippen MR) is 229 cm³/mol. The minimum Gasteiger partial charge on any atom is -0.455 e. The summed E-state index contributed by atoms with van der Waals surface area (Å²) >= 11 is 0. The number of aromatic nitrogens is 2. The molecule has 9 heteroatoms. The maximum Gasteiger partial charge on any atom is 0.403 e. The number of nitrogens with zero attached hydrogens (tertiary/aromatic N) is 2. The summed E-state index contributed by atoms with van der Waals surface area (Å²) in [7, 11) is 0. The highest BCUT2D eigenvalue weighted by Gasteiger charge is 2.70. The molecule has 0 spiro atoms. The fourth-order valence-corrected chi connectivity index (χ4v) is 9.32. The normalized spacial score (nSPS) is 15.3. The van der Waals surface area contributed by atoms with Gasteiger partial charge in [0.2, 0.25) is 0 Å². The summed E-state index contributed by atoms with van der Waals surface area (Å²) in [5.41, 5.74) is 8.72. The zero-order valence-electron chi connectivity index (χ0n) is 33.8. The molecule has 1 aliphatic rings. The number of furan rings is 1. The second-order valence-electron chi connectivity index (χ2n) is 16.9. The number of para-hydroxylation sites is 3. The summed E-state index contributed by atoms with van der Waals surface area (Å²) in [4.78, 5) is 5.29. The number of imidazole rings is 1. The standard InChI is InChI=1S/C51H44F6N2O/c1-30(2)40-28-37(34-19-17-33(18-20-34)35-23-25-49(26-24-35,50(52,53)54)51(55,56)57)29-41(31(3)4)46(40)59-44-16-9-8-15-43(44)58-48(59)39-14-10-13-38-42-27-36(32-11-6-5-7-12-32)21-22-45(42)60-47(38)39/h5-22,27-31,35H,23-26H2,1-4H3. The van der Waals surface area contributed by atoms with E-state index in [2.05, 4.69) is 92.9 Å². The summed E-state index contributed by atoms with van der Waals surface area (Å²) < 4.78 is 91.6. The smallest absolute Gasteiger partial charge is 0.403 e. The molecule has 0 N–H and O–H groups in total. The third kappa shape index (κ3) is 6.57. The lowest BCUT2D eigenvalue weighted by molar-refractivity contribution is -0.350. The molecule has 0 bridgehead atoms. The molecule has 2 aromatic heterocycles. The number of benzene rings is 6. The third-order valence-corrected chi connectivity index (χ3v) is 12.7. The van der Waals surface area contributed by atoms with Gasteiger partial charge in [-0.2, -0.15) is 26.3 Å². The van der Waals surface area contributed by atoms with Crippen molar-refractivity contribution in [3.05, 3.63) is 144 Å². The van der Waals surface area contributed by atoms with Crippen LogP contribution < -0.4 is 0 Å². The first-order chi connectivity index (χ1) is 28.6. The second-order valence-corrected chi connectivity index (χ2v) is 16.9. The van der Waals surface area contributed by atoms with Crippen LogP contribution in [0.1, 0.15) is 87.8 Å². The Morgan fingerprint density at radius 2 is 1.22 bits per heavy atom. The maximum absolute atomic E-state index is 13.8. The van der Waals surface area contributed by atoms with Crippen LogP contribution in [0.4, 0.5) is 26.3 Å². The molecule has 0 radical (unpaired) electrons. The molecule has 6 aromatic carbocycles. The fraction of sp³-hybridized carbons (Fsp3) is 0.275. The summed E-state index contributed by atoms with van der Waals surface area (Å²) in [5, 5.41) is 2.02. The van der Waals surface area contributed by atoms with Gasteiger partial charge in [-0.15, -0.1) is 0 Å². The Balaban J connectivity index is 1.14. The van der Waals surface area contributed by atoms with E-state index in [1.54, 1.807) is 0 Å². The van der Waals surface area contributed by atoms with Crippen molar-refractivity contribution in [2.45, 2.75) is 83.5 Å². The molecule has 60 heavy (non-hydrogen) atoms. The van der Waals surface area contributed by atoms with E-state index in [0.29, 0.717) is 0 Å². The average molecular weight is 815 g/mol. The van der Waals surface area contributed by atoms with Gasteiger partial charge in [0.05, 0.1) is 22.3 Å².